The number of carbonyl (C=O) groups excluding carboxylic acids is 1. The molecule has 1 amide bonds. The van der Waals surface area contributed by atoms with E-state index in [1.807, 2.05) is 0 Å². The van der Waals surface area contributed by atoms with Crippen LogP contribution in [0.15, 0.2) is 42.5 Å². The van der Waals surface area contributed by atoms with E-state index in [0.717, 1.165) is 5.56 Å². The van der Waals surface area contributed by atoms with Gasteiger partial charge in [-0.1, -0.05) is 18.2 Å². The summed E-state index contributed by atoms with van der Waals surface area (Å²) in [5.74, 6) is 0.158. The normalized spacial score (nSPS) is 11.0. The number of amides is 1. The van der Waals surface area contributed by atoms with Gasteiger partial charge in [-0.25, -0.2) is 0 Å². The molecule has 0 aliphatic carbocycles. The lowest BCUT2D eigenvalue weighted by Crippen LogP contribution is -2.26. The van der Waals surface area contributed by atoms with Gasteiger partial charge >= 0.3 is 6.36 Å². The molecule has 0 aliphatic rings. The van der Waals surface area contributed by atoms with Crippen LogP contribution in [0.25, 0.3) is 0 Å². The van der Waals surface area contributed by atoms with Crippen molar-refractivity contribution in [3.8, 4) is 17.2 Å². The summed E-state index contributed by atoms with van der Waals surface area (Å²) < 4.78 is 50.5. The number of alkyl halides is 3. The lowest BCUT2D eigenvalue weighted by molar-refractivity contribution is -0.274. The molecule has 0 heterocycles. The summed E-state index contributed by atoms with van der Waals surface area (Å²) in [6.45, 7) is 0.304. The number of hydrogen-bond acceptors (Lipinski definition) is 4. The summed E-state index contributed by atoms with van der Waals surface area (Å²) in [6, 6.07) is 10.5. The first-order valence-corrected chi connectivity index (χ1v) is 7.68. The van der Waals surface area contributed by atoms with Gasteiger partial charge in [0.25, 0.3) is 5.91 Å². The topological polar surface area (TPSA) is 56.8 Å². The van der Waals surface area contributed by atoms with E-state index in [1.54, 1.807) is 18.2 Å². The van der Waals surface area contributed by atoms with Gasteiger partial charge in [-0.05, 0) is 36.2 Å². The average molecular weight is 369 g/mol. The molecule has 0 aromatic heterocycles. The van der Waals surface area contributed by atoms with E-state index in [-0.39, 0.29) is 11.7 Å². The molecule has 140 valence electrons. The Morgan fingerprint density at radius 3 is 2.31 bits per heavy atom. The molecule has 1 N–H and O–H groups in total. The fourth-order valence-corrected chi connectivity index (χ4v) is 2.34. The van der Waals surface area contributed by atoms with Crippen LogP contribution in [0.2, 0.25) is 0 Å². The second-order valence-electron chi connectivity index (χ2n) is 5.24. The number of nitrogens with one attached hydrogen (secondary N) is 1. The van der Waals surface area contributed by atoms with Crippen LogP contribution in [-0.2, 0) is 6.42 Å². The van der Waals surface area contributed by atoms with Crippen molar-refractivity contribution in [3.63, 3.8) is 0 Å². The number of para-hydroxylation sites is 1. The quantitative estimate of drug-likeness (QED) is 0.811. The van der Waals surface area contributed by atoms with Crippen LogP contribution in [0, 0.1) is 0 Å². The predicted octanol–water partition coefficient (Wildman–Crippen LogP) is 3.57. The molecule has 2 rings (SSSR count). The van der Waals surface area contributed by atoms with Gasteiger partial charge in [0.15, 0.2) is 11.5 Å². The molecule has 0 bridgehead atoms. The third-order valence-corrected chi connectivity index (χ3v) is 3.50. The van der Waals surface area contributed by atoms with Gasteiger partial charge in [-0.2, -0.15) is 0 Å². The summed E-state index contributed by atoms with van der Waals surface area (Å²) in [5, 5.41) is 2.74. The molecule has 2 aromatic carbocycles. The highest BCUT2D eigenvalue weighted by Gasteiger charge is 2.30. The van der Waals surface area contributed by atoms with Gasteiger partial charge in [0, 0.05) is 6.54 Å². The predicted molar refractivity (Wildman–Crippen MR) is 88.7 cm³/mol. The molecule has 0 unspecified atom stereocenters. The number of methoxy groups -OCH3 is 2. The number of ether oxygens (including phenoxy) is 3. The zero-order chi connectivity index (χ0) is 19.2. The summed E-state index contributed by atoms with van der Waals surface area (Å²) in [5.41, 5.74) is 1.10. The van der Waals surface area contributed by atoms with E-state index in [4.69, 9.17) is 9.47 Å². The van der Waals surface area contributed by atoms with E-state index >= 15 is 0 Å². The first-order chi connectivity index (χ1) is 12.3. The standard InChI is InChI=1S/C18H18F3NO4/c1-24-15-5-3-4-14(16(15)25-2)17(23)22-11-10-12-6-8-13(9-7-12)26-18(19,20)21/h3-9H,10-11H2,1-2H3,(H,22,23). The average Bonchev–Trinajstić information content (AvgIpc) is 2.61. The SMILES string of the molecule is COc1cccc(C(=O)NCCc2ccc(OC(F)(F)F)cc2)c1OC. The van der Waals surface area contributed by atoms with Crippen molar-refractivity contribution < 1.29 is 32.2 Å². The summed E-state index contributed by atoms with van der Waals surface area (Å²) in [4.78, 5) is 12.3. The van der Waals surface area contributed by atoms with E-state index in [1.165, 1.54) is 38.5 Å². The van der Waals surface area contributed by atoms with Crippen LogP contribution in [0.5, 0.6) is 17.2 Å². The molecule has 8 heteroatoms. The van der Waals surface area contributed by atoms with Gasteiger partial charge < -0.3 is 19.5 Å². The van der Waals surface area contributed by atoms with E-state index < -0.39 is 6.36 Å². The number of rotatable bonds is 7. The smallest absolute Gasteiger partial charge is 0.493 e. The third-order valence-electron chi connectivity index (χ3n) is 3.50. The molecule has 0 saturated carbocycles. The second kappa shape index (κ2) is 8.46. The first kappa shape index (κ1) is 19.4. The Morgan fingerprint density at radius 1 is 1.04 bits per heavy atom. The summed E-state index contributed by atoms with van der Waals surface area (Å²) in [7, 11) is 2.92. The maximum atomic E-state index is 12.3. The minimum Gasteiger partial charge on any atom is -0.493 e. The molecule has 0 aliphatic heterocycles. The minimum atomic E-state index is -4.72. The number of halogens is 3. The number of carbonyl (C=O) groups is 1. The molecule has 0 radical (unpaired) electrons. The van der Waals surface area contributed by atoms with Crippen molar-refractivity contribution in [1.29, 1.82) is 0 Å². The van der Waals surface area contributed by atoms with Crippen molar-refractivity contribution in [2.24, 2.45) is 0 Å². The van der Waals surface area contributed by atoms with Gasteiger partial charge in [0.2, 0.25) is 0 Å². The maximum Gasteiger partial charge on any atom is 0.573 e. The lowest BCUT2D eigenvalue weighted by Gasteiger charge is -2.13. The first-order valence-electron chi connectivity index (χ1n) is 7.68. The van der Waals surface area contributed by atoms with Gasteiger partial charge in [0.1, 0.15) is 5.75 Å². The fraction of sp³-hybridized carbons (Fsp3) is 0.278. The Kier molecular flexibility index (Phi) is 6.32. The Bertz CT molecular complexity index is 745. The Hall–Kier alpha value is -2.90. The molecule has 26 heavy (non-hydrogen) atoms. The van der Waals surface area contributed by atoms with Crippen molar-refractivity contribution in [3.05, 3.63) is 53.6 Å². The van der Waals surface area contributed by atoms with E-state index in [9.17, 15) is 18.0 Å². The van der Waals surface area contributed by atoms with E-state index in [0.29, 0.717) is 30.0 Å². The maximum absolute atomic E-state index is 12.3. The van der Waals surface area contributed by atoms with Gasteiger partial charge in [-0.15, -0.1) is 13.2 Å². The Balaban J connectivity index is 1.93. The van der Waals surface area contributed by atoms with Crippen molar-refractivity contribution in [2.45, 2.75) is 12.8 Å². The molecular weight excluding hydrogens is 351 g/mol. The Morgan fingerprint density at radius 2 is 1.73 bits per heavy atom. The number of benzene rings is 2. The van der Waals surface area contributed by atoms with Crippen LogP contribution in [0.1, 0.15) is 15.9 Å². The number of hydrogen-bond donors (Lipinski definition) is 1. The highest BCUT2D eigenvalue weighted by Crippen LogP contribution is 2.30. The van der Waals surface area contributed by atoms with Crippen molar-refractivity contribution in [2.75, 3.05) is 20.8 Å². The molecular formula is C18H18F3NO4. The van der Waals surface area contributed by atoms with Crippen LogP contribution in [0.4, 0.5) is 13.2 Å². The van der Waals surface area contributed by atoms with Gasteiger partial charge in [-0.3, -0.25) is 4.79 Å². The van der Waals surface area contributed by atoms with Crippen LogP contribution < -0.4 is 19.5 Å². The van der Waals surface area contributed by atoms with Crippen LogP contribution >= 0.6 is 0 Å². The zero-order valence-electron chi connectivity index (χ0n) is 14.2. The van der Waals surface area contributed by atoms with E-state index in [2.05, 4.69) is 10.1 Å². The summed E-state index contributed by atoms with van der Waals surface area (Å²) >= 11 is 0. The molecule has 0 fully saturated rings. The van der Waals surface area contributed by atoms with Crippen LogP contribution in [-0.4, -0.2) is 33.0 Å². The minimum absolute atomic E-state index is 0.286. The largest absolute Gasteiger partial charge is 0.573 e. The third kappa shape index (κ3) is 5.30. The summed E-state index contributed by atoms with van der Waals surface area (Å²) in [6.07, 6.45) is -4.27. The monoisotopic (exact) mass is 369 g/mol. The van der Waals surface area contributed by atoms with Crippen molar-refractivity contribution in [1.82, 2.24) is 5.32 Å². The Labute approximate surface area is 148 Å². The molecule has 0 saturated heterocycles. The van der Waals surface area contributed by atoms with Crippen LogP contribution in [0.3, 0.4) is 0 Å². The molecule has 0 spiro atoms. The zero-order valence-corrected chi connectivity index (χ0v) is 14.2. The second-order valence-corrected chi connectivity index (χ2v) is 5.24. The molecule has 5 nitrogen and oxygen atoms in total. The fourth-order valence-electron chi connectivity index (χ4n) is 2.34. The highest BCUT2D eigenvalue weighted by atomic mass is 19.4. The molecule has 0 atom stereocenters. The van der Waals surface area contributed by atoms with Gasteiger partial charge in [0.05, 0.1) is 19.8 Å². The highest BCUT2D eigenvalue weighted by molar-refractivity contribution is 5.97. The lowest BCUT2D eigenvalue weighted by atomic mass is 10.1. The van der Waals surface area contributed by atoms with Crippen molar-refractivity contribution >= 4 is 5.91 Å². The molecule has 2 aromatic rings.